The van der Waals surface area contributed by atoms with Gasteiger partial charge in [-0.3, -0.25) is 4.79 Å². The van der Waals surface area contributed by atoms with Crippen molar-refractivity contribution in [1.82, 2.24) is 0 Å². The van der Waals surface area contributed by atoms with E-state index in [1.807, 2.05) is 6.92 Å². The summed E-state index contributed by atoms with van der Waals surface area (Å²) < 4.78 is 5.06. The van der Waals surface area contributed by atoms with Crippen molar-refractivity contribution in [1.29, 1.82) is 0 Å². The summed E-state index contributed by atoms with van der Waals surface area (Å²) in [5.41, 5.74) is 0. The van der Waals surface area contributed by atoms with Gasteiger partial charge in [-0.25, -0.2) is 0 Å². The van der Waals surface area contributed by atoms with Crippen LogP contribution in [0.25, 0.3) is 0 Å². The van der Waals surface area contributed by atoms with E-state index in [1.54, 1.807) is 0 Å². The van der Waals surface area contributed by atoms with Gasteiger partial charge in [0.2, 0.25) is 0 Å². The van der Waals surface area contributed by atoms with E-state index in [2.05, 4.69) is 0 Å². The molecular weight excluding hydrogens is 156 g/mol. The lowest BCUT2D eigenvalue weighted by Crippen LogP contribution is -2.27. The van der Waals surface area contributed by atoms with Gasteiger partial charge in [-0.15, -0.1) is 0 Å². The van der Waals surface area contributed by atoms with Gasteiger partial charge in [0, 0.05) is 25.4 Å². The highest BCUT2D eigenvalue weighted by Gasteiger charge is 2.24. The Hall–Kier alpha value is -0.410. The summed E-state index contributed by atoms with van der Waals surface area (Å²) >= 11 is 0. The molecule has 0 aromatic rings. The van der Waals surface area contributed by atoms with Crippen molar-refractivity contribution < 1.29 is 14.6 Å². The van der Waals surface area contributed by atoms with Gasteiger partial charge in [0.05, 0.1) is 0 Å². The van der Waals surface area contributed by atoms with Crippen molar-refractivity contribution >= 4 is 5.78 Å². The van der Waals surface area contributed by atoms with Crippen LogP contribution in [0.5, 0.6) is 0 Å². The lowest BCUT2D eigenvalue weighted by Gasteiger charge is -2.25. The fourth-order valence-corrected chi connectivity index (χ4v) is 1.55. The Balaban J connectivity index is 2.28. The van der Waals surface area contributed by atoms with E-state index in [-0.39, 0.29) is 5.92 Å². The molecule has 0 aromatic heterocycles. The molecule has 3 nitrogen and oxygen atoms in total. The number of aliphatic hydroxyl groups is 1. The fraction of sp³-hybridized carbons (Fsp3) is 0.889. The molecule has 1 aliphatic carbocycles. The van der Waals surface area contributed by atoms with Crippen LogP contribution in [0.2, 0.25) is 0 Å². The summed E-state index contributed by atoms with van der Waals surface area (Å²) in [6, 6.07) is 0. The van der Waals surface area contributed by atoms with Crippen LogP contribution in [0.3, 0.4) is 0 Å². The van der Waals surface area contributed by atoms with Gasteiger partial charge in [0.25, 0.3) is 0 Å². The molecule has 3 heteroatoms. The zero-order chi connectivity index (χ0) is 8.97. The van der Waals surface area contributed by atoms with Crippen molar-refractivity contribution in [2.24, 2.45) is 5.92 Å². The minimum Gasteiger partial charge on any atom is -0.368 e. The number of ketones is 1. The largest absolute Gasteiger partial charge is 0.368 e. The maximum Gasteiger partial charge on any atom is 0.157 e. The molecule has 1 aliphatic rings. The summed E-state index contributed by atoms with van der Waals surface area (Å²) in [4.78, 5) is 10.9. The van der Waals surface area contributed by atoms with Crippen molar-refractivity contribution in [3.63, 3.8) is 0 Å². The normalized spacial score (nSPS) is 22.7. The van der Waals surface area contributed by atoms with Crippen molar-refractivity contribution in [3.8, 4) is 0 Å². The molecule has 12 heavy (non-hydrogen) atoms. The Morgan fingerprint density at radius 2 is 2.17 bits per heavy atom. The van der Waals surface area contributed by atoms with Gasteiger partial charge in [-0.2, -0.15) is 0 Å². The predicted molar refractivity (Wildman–Crippen MR) is 44.6 cm³/mol. The first-order chi connectivity index (χ1) is 5.74. The van der Waals surface area contributed by atoms with Crippen LogP contribution in [0.4, 0.5) is 0 Å². The zero-order valence-electron chi connectivity index (χ0n) is 7.45. The average molecular weight is 172 g/mol. The maximum atomic E-state index is 10.9. The average Bonchev–Trinajstić information content (AvgIpc) is 2.06. The smallest absolute Gasteiger partial charge is 0.157 e. The Kier molecular flexibility index (Phi) is 3.69. The molecule has 0 saturated heterocycles. The van der Waals surface area contributed by atoms with E-state index >= 15 is 0 Å². The van der Waals surface area contributed by atoms with Gasteiger partial charge in [0.1, 0.15) is 5.78 Å². The number of hydrogen-bond donors (Lipinski definition) is 1. The molecule has 1 fully saturated rings. The Bertz CT molecular complexity index is 146. The first-order valence-corrected chi connectivity index (χ1v) is 4.55. The lowest BCUT2D eigenvalue weighted by molar-refractivity contribution is -0.143. The molecule has 1 saturated carbocycles. The molecule has 1 rings (SSSR count). The number of carbonyl (C=O) groups is 1. The molecule has 1 N–H and O–H groups in total. The number of carbonyl (C=O) groups excluding carboxylic acids is 1. The standard InChI is InChI=1S/C9H16O3/c1-2-12-9(11)7-3-5-8(10)6-4-7/h7,9,11H,2-6H2,1H3. The first-order valence-electron chi connectivity index (χ1n) is 4.55. The second-order valence-electron chi connectivity index (χ2n) is 3.22. The Labute approximate surface area is 72.7 Å². The molecule has 0 spiro atoms. The number of rotatable bonds is 3. The zero-order valence-corrected chi connectivity index (χ0v) is 7.45. The summed E-state index contributed by atoms with van der Waals surface area (Å²) in [6.45, 7) is 2.39. The van der Waals surface area contributed by atoms with Gasteiger partial charge in [-0.05, 0) is 19.8 Å². The van der Waals surface area contributed by atoms with E-state index in [1.165, 1.54) is 0 Å². The topological polar surface area (TPSA) is 46.5 Å². The molecule has 0 aliphatic heterocycles. The Morgan fingerprint density at radius 1 is 1.58 bits per heavy atom. The van der Waals surface area contributed by atoms with Crippen molar-refractivity contribution in [3.05, 3.63) is 0 Å². The van der Waals surface area contributed by atoms with Crippen LogP contribution in [0.1, 0.15) is 32.6 Å². The number of Topliss-reactive ketones (excluding diaryl/α,β-unsaturated/α-hetero) is 1. The third kappa shape index (κ3) is 2.57. The SMILES string of the molecule is CCOC(O)C1CCC(=O)CC1. The molecule has 70 valence electrons. The molecular formula is C9H16O3. The highest BCUT2D eigenvalue weighted by Crippen LogP contribution is 2.24. The molecule has 0 bridgehead atoms. The van der Waals surface area contributed by atoms with E-state index in [4.69, 9.17) is 4.74 Å². The summed E-state index contributed by atoms with van der Waals surface area (Å²) in [5.74, 6) is 0.484. The predicted octanol–water partition coefficient (Wildman–Crippen LogP) is 1.10. The summed E-state index contributed by atoms with van der Waals surface area (Å²) in [7, 11) is 0. The third-order valence-electron chi connectivity index (χ3n) is 2.33. The highest BCUT2D eigenvalue weighted by atomic mass is 16.6. The van der Waals surface area contributed by atoms with E-state index in [0.29, 0.717) is 25.2 Å². The Morgan fingerprint density at radius 3 is 2.67 bits per heavy atom. The summed E-state index contributed by atoms with van der Waals surface area (Å²) in [6.07, 6.45) is 2.10. The minimum atomic E-state index is -0.664. The monoisotopic (exact) mass is 172 g/mol. The van der Waals surface area contributed by atoms with Crippen molar-refractivity contribution in [2.45, 2.75) is 38.9 Å². The maximum absolute atomic E-state index is 10.9. The third-order valence-corrected chi connectivity index (χ3v) is 2.33. The van der Waals surface area contributed by atoms with Gasteiger partial charge in [0.15, 0.2) is 6.29 Å². The van der Waals surface area contributed by atoms with Gasteiger partial charge >= 0.3 is 0 Å². The van der Waals surface area contributed by atoms with Crippen LogP contribution in [0.15, 0.2) is 0 Å². The van der Waals surface area contributed by atoms with E-state index < -0.39 is 6.29 Å². The number of ether oxygens (including phenoxy) is 1. The summed E-state index contributed by atoms with van der Waals surface area (Å²) in [5, 5.41) is 9.43. The van der Waals surface area contributed by atoms with Gasteiger partial charge in [-0.1, -0.05) is 0 Å². The van der Waals surface area contributed by atoms with Crippen LogP contribution < -0.4 is 0 Å². The quantitative estimate of drug-likeness (QED) is 0.648. The second kappa shape index (κ2) is 4.58. The molecule has 0 amide bonds. The fourth-order valence-electron chi connectivity index (χ4n) is 1.55. The molecule has 1 atom stereocenters. The van der Waals surface area contributed by atoms with Crippen LogP contribution in [-0.4, -0.2) is 23.8 Å². The van der Waals surface area contributed by atoms with E-state index in [9.17, 15) is 9.90 Å². The van der Waals surface area contributed by atoms with Gasteiger partial charge < -0.3 is 9.84 Å². The van der Waals surface area contributed by atoms with Crippen LogP contribution >= 0.6 is 0 Å². The lowest BCUT2D eigenvalue weighted by atomic mass is 9.88. The number of hydrogen-bond acceptors (Lipinski definition) is 3. The van der Waals surface area contributed by atoms with Crippen molar-refractivity contribution in [2.75, 3.05) is 6.61 Å². The molecule has 0 heterocycles. The highest BCUT2D eigenvalue weighted by molar-refractivity contribution is 5.79. The molecule has 1 unspecified atom stereocenters. The van der Waals surface area contributed by atoms with E-state index in [0.717, 1.165) is 12.8 Å². The minimum absolute atomic E-state index is 0.169. The molecule has 0 radical (unpaired) electrons. The second-order valence-corrected chi connectivity index (χ2v) is 3.22. The number of aliphatic hydroxyl groups excluding tert-OH is 1. The molecule has 0 aromatic carbocycles. The van der Waals surface area contributed by atoms with Crippen LogP contribution in [0, 0.1) is 5.92 Å². The first kappa shape index (κ1) is 9.68. The van der Waals surface area contributed by atoms with Crippen LogP contribution in [-0.2, 0) is 9.53 Å².